The summed E-state index contributed by atoms with van der Waals surface area (Å²) in [6, 6.07) is 39.1. The Hall–Kier alpha value is -6.27. The van der Waals surface area contributed by atoms with Gasteiger partial charge in [0.25, 0.3) is 0 Å². The van der Waals surface area contributed by atoms with Crippen LogP contribution in [0.4, 0.5) is 9.18 Å². The third-order valence-corrected chi connectivity index (χ3v) is 13.1. The normalized spacial score (nSPS) is 22.3. The lowest BCUT2D eigenvalue weighted by molar-refractivity contribution is -0.256. The molecule has 5 aromatic rings. The standard InChI is InChI=1S/C55H59FN2O8/c1-3-32-63-55-51(58(54(61)62-2)36-38-20-24-43(56)25-21-38)35-49(57-64-37-39-14-6-4-7-15-39)47-33-42(18-10-12-30-59)46(19-11-13-31-60)52(53(47)55)48-34-45(28-29-50(48)66-55)65-44-26-22-41(23-27-44)40-16-8-5-9-17-40/h3-9,14-17,20-29,33-34,42,46,51-53,59-60H,1,10-13,18-19,30-32,35-37H2,2H3/t42-,46+,51-,52+,53+,55+/m0/s1. The Kier molecular flexibility index (Phi) is 15.3. The predicted molar refractivity (Wildman–Crippen MR) is 252 cm³/mol. The summed E-state index contributed by atoms with van der Waals surface area (Å²) in [5, 5.41) is 24.9. The Morgan fingerprint density at radius 3 is 2.23 bits per heavy atom. The second kappa shape index (κ2) is 21.8. The first-order chi connectivity index (χ1) is 32.3. The van der Waals surface area contributed by atoms with E-state index in [1.54, 1.807) is 23.1 Å². The van der Waals surface area contributed by atoms with Crippen LogP contribution in [0, 0.1) is 23.6 Å². The predicted octanol–water partition coefficient (Wildman–Crippen LogP) is 11.4. The molecular formula is C55H59FN2O8. The van der Waals surface area contributed by atoms with Crippen molar-refractivity contribution >= 4 is 11.8 Å². The number of carbonyl (C=O) groups excluding carboxylic acids is 1. The molecule has 0 saturated heterocycles. The molecule has 8 rings (SSSR count). The summed E-state index contributed by atoms with van der Waals surface area (Å²) in [6.07, 6.45) is 7.98. The zero-order valence-electron chi connectivity index (χ0n) is 37.5. The molecule has 10 nitrogen and oxygen atoms in total. The van der Waals surface area contributed by atoms with Gasteiger partial charge in [-0.1, -0.05) is 115 Å². The van der Waals surface area contributed by atoms with Crippen molar-refractivity contribution in [3.05, 3.63) is 174 Å². The third kappa shape index (κ3) is 10.2. The number of nitrogens with zero attached hydrogens (tertiary/aromatic N) is 2. The van der Waals surface area contributed by atoms with Crippen LogP contribution < -0.4 is 9.47 Å². The van der Waals surface area contributed by atoms with Gasteiger partial charge in [-0.05, 0) is 108 Å². The molecular weight excluding hydrogens is 836 g/mol. The van der Waals surface area contributed by atoms with Crippen molar-refractivity contribution < 1.29 is 43.2 Å². The number of halogens is 1. The van der Waals surface area contributed by atoms with E-state index in [9.17, 15) is 19.4 Å². The Morgan fingerprint density at radius 2 is 1.53 bits per heavy atom. The first-order valence-electron chi connectivity index (χ1n) is 23.0. The average molecular weight is 895 g/mol. The van der Waals surface area contributed by atoms with E-state index in [0.29, 0.717) is 41.4 Å². The summed E-state index contributed by atoms with van der Waals surface area (Å²) in [4.78, 5) is 22.1. The number of oxime groups is 1. The highest BCUT2D eigenvalue weighted by molar-refractivity contribution is 6.03. The lowest BCUT2D eigenvalue weighted by atomic mass is 9.55. The molecule has 2 aliphatic carbocycles. The Labute approximate surface area is 386 Å². The van der Waals surface area contributed by atoms with Gasteiger partial charge in [0.2, 0.25) is 5.79 Å². The second-order valence-corrected chi connectivity index (χ2v) is 17.2. The van der Waals surface area contributed by atoms with Gasteiger partial charge >= 0.3 is 6.09 Å². The minimum atomic E-state index is -1.51. The van der Waals surface area contributed by atoms with Crippen molar-refractivity contribution in [1.29, 1.82) is 0 Å². The lowest BCUT2D eigenvalue weighted by Gasteiger charge is -2.59. The van der Waals surface area contributed by atoms with Crippen molar-refractivity contribution in [3.63, 3.8) is 0 Å². The van der Waals surface area contributed by atoms with Crippen molar-refractivity contribution in [1.82, 2.24) is 4.90 Å². The van der Waals surface area contributed by atoms with Crippen LogP contribution in [0.25, 0.3) is 11.1 Å². The van der Waals surface area contributed by atoms with Crippen LogP contribution >= 0.6 is 0 Å². The summed E-state index contributed by atoms with van der Waals surface area (Å²) in [7, 11) is 1.34. The molecule has 3 aliphatic rings. The number of fused-ring (bicyclic) bond motifs is 2. The first kappa shape index (κ1) is 46.3. The van der Waals surface area contributed by atoms with Gasteiger partial charge in [0, 0.05) is 37.7 Å². The number of ether oxygens (including phenoxy) is 4. The second-order valence-electron chi connectivity index (χ2n) is 17.2. The number of carbonyl (C=O) groups is 1. The molecule has 5 aromatic carbocycles. The van der Waals surface area contributed by atoms with E-state index < -0.39 is 29.7 Å². The van der Waals surface area contributed by atoms with Gasteiger partial charge in [-0.2, -0.15) is 0 Å². The lowest BCUT2D eigenvalue weighted by Crippen LogP contribution is -2.70. The van der Waals surface area contributed by atoms with Gasteiger partial charge < -0.3 is 34.0 Å². The number of amides is 1. The van der Waals surface area contributed by atoms with Gasteiger partial charge in [0.1, 0.15) is 35.7 Å². The molecule has 1 saturated carbocycles. The number of aliphatic hydroxyl groups excluding tert-OH is 2. The van der Waals surface area contributed by atoms with Gasteiger partial charge in [-0.25, -0.2) is 9.18 Å². The molecule has 0 unspecified atom stereocenters. The van der Waals surface area contributed by atoms with Crippen LogP contribution in [0.1, 0.15) is 67.6 Å². The highest BCUT2D eigenvalue weighted by atomic mass is 19.1. The van der Waals surface area contributed by atoms with Gasteiger partial charge in [-0.3, -0.25) is 4.90 Å². The van der Waals surface area contributed by atoms with E-state index in [4.69, 9.17) is 28.9 Å². The molecule has 1 fully saturated rings. The monoisotopic (exact) mass is 894 g/mol. The maximum atomic E-state index is 14.3. The summed E-state index contributed by atoms with van der Waals surface area (Å²) in [5.41, 5.74) is 6.30. The van der Waals surface area contributed by atoms with Crippen LogP contribution in [-0.2, 0) is 27.5 Å². The number of unbranched alkanes of at least 4 members (excludes halogenated alkanes) is 2. The van der Waals surface area contributed by atoms with Crippen LogP contribution in [0.2, 0.25) is 0 Å². The quantitative estimate of drug-likeness (QED) is 0.0450. The fourth-order valence-corrected chi connectivity index (χ4v) is 10.2. The molecule has 0 aromatic heterocycles. The van der Waals surface area contributed by atoms with Crippen molar-refractivity contribution in [2.45, 2.75) is 75.8 Å². The summed E-state index contributed by atoms with van der Waals surface area (Å²) < 4.78 is 40.9. The van der Waals surface area contributed by atoms with E-state index in [0.717, 1.165) is 53.5 Å². The highest BCUT2D eigenvalue weighted by Crippen LogP contribution is 2.62. The number of allylic oxidation sites excluding steroid dienone is 1. The van der Waals surface area contributed by atoms with Crippen LogP contribution in [0.3, 0.4) is 0 Å². The Morgan fingerprint density at radius 1 is 0.848 bits per heavy atom. The van der Waals surface area contributed by atoms with E-state index in [1.165, 1.54) is 19.2 Å². The minimum Gasteiger partial charge on any atom is -0.459 e. The van der Waals surface area contributed by atoms with E-state index in [2.05, 4.69) is 30.9 Å². The molecule has 0 bridgehead atoms. The maximum absolute atomic E-state index is 14.3. The molecule has 0 radical (unpaired) electrons. The average Bonchev–Trinajstić information content (AvgIpc) is 3.35. The Balaban J connectivity index is 1.30. The van der Waals surface area contributed by atoms with E-state index >= 15 is 0 Å². The number of methoxy groups -OCH3 is 1. The molecule has 66 heavy (non-hydrogen) atoms. The van der Waals surface area contributed by atoms with Crippen molar-refractivity contribution in [2.75, 3.05) is 26.9 Å². The number of aliphatic hydroxyl groups is 2. The smallest absolute Gasteiger partial charge is 0.410 e. The van der Waals surface area contributed by atoms with E-state index in [1.807, 2.05) is 84.9 Å². The fourth-order valence-electron chi connectivity index (χ4n) is 10.2. The topological polar surface area (TPSA) is 119 Å². The van der Waals surface area contributed by atoms with E-state index in [-0.39, 0.29) is 57.1 Å². The number of benzene rings is 5. The largest absolute Gasteiger partial charge is 0.459 e. The van der Waals surface area contributed by atoms with Crippen LogP contribution in [-0.4, -0.2) is 65.7 Å². The zero-order valence-corrected chi connectivity index (χ0v) is 37.5. The van der Waals surface area contributed by atoms with Gasteiger partial charge in [0.15, 0.2) is 0 Å². The molecule has 1 aliphatic heterocycles. The third-order valence-electron chi connectivity index (χ3n) is 13.1. The number of rotatable bonds is 20. The molecule has 1 amide bonds. The maximum Gasteiger partial charge on any atom is 0.410 e. The highest BCUT2D eigenvalue weighted by Gasteiger charge is 2.65. The van der Waals surface area contributed by atoms with Gasteiger partial charge in [-0.15, -0.1) is 6.58 Å². The fraction of sp³-hybridized carbons (Fsp3) is 0.345. The molecule has 6 atom stereocenters. The molecule has 2 N–H and O–H groups in total. The number of hydrogen-bond donors (Lipinski definition) is 2. The first-order valence-corrected chi connectivity index (χ1v) is 23.0. The molecule has 11 heteroatoms. The zero-order chi connectivity index (χ0) is 45.9. The van der Waals surface area contributed by atoms with Crippen LogP contribution in [0.5, 0.6) is 17.2 Å². The number of hydrogen-bond acceptors (Lipinski definition) is 9. The van der Waals surface area contributed by atoms with Crippen molar-refractivity contribution in [3.8, 4) is 28.4 Å². The molecule has 0 spiro atoms. The summed E-state index contributed by atoms with van der Waals surface area (Å²) in [5.74, 6) is -0.771. The summed E-state index contributed by atoms with van der Waals surface area (Å²) >= 11 is 0. The Bertz CT molecular complexity index is 2450. The SMILES string of the molecule is C=CCO[C@@]12Oc3ccc(Oc4ccc(-c5ccccc5)cc4)cc3[C@H]3[C@H](CCCCO)[C@@H](CCCCO)C=C(C(=NOCc4ccccc4)C[C@@H]1N(Cc1ccc(F)cc1)C(=O)OC)[C@H]32. The minimum absolute atomic E-state index is 0.00710. The van der Waals surface area contributed by atoms with Crippen molar-refractivity contribution in [2.24, 2.45) is 22.9 Å². The molecule has 344 valence electrons. The van der Waals surface area contributed by atoms with Crippen LogP contribution in [0.15, 0.2) is 157 Å². The van der Waals surface area contributed by atoms with Gasteiger partial charge in [0.05, 0.1) is 25.3 Å². The summed E-state index contributed by atoms with van der Waals surface area (Å²) in [6.45, 7) is 4.56. The molecule has 1 heterocycles.